The average Bonchev–Trinajstić information content (AvgIpc) is 2.68. The van der Waals surface area contributed by atoms with Crippen molar-refractivity contribution in [3.05, 3.63) is 15.8 Å². The molecule has 1 aliphatic rings. The van der Waals surface area contributed by atoms with Gasteiger partial charge in [0, 0.05) is 11.9 Å². The molecule has 1 amide bonds. The predicted octanol–water partition coefficient (Wildman–Crippen LogP) is 1.31. The largest absolute Gasteiger partial charge is 0.377 e. The summed E-state index contributed by atoms with van der Waals surface area (Å²) in [6.07, 6.45) is 0.701. The average molecular weight is 247 g/mol. The molecule has 4 nitrogen and oxygen atoms in total. The zero-order valence-corrected chi connectivity index (χ0v) is 9.55. The van der Waals surface area contributed by atoms with Gasteiger partial charge >= 0.3 is 0 Å². The summed E-state index contributed by atoms with van der Waals surface area (Å²) in [6.45, 7) is 1.95. The highest BCUT2D eigenvalue weighted by Gasteiger charge is 2.21. The maximum atomic E-state index is 11.0. The highest BCUT2D eigenvalue weighted by molar-refractivity contribution is 7.14. The fourth-order valence-corrected chi connectivity index (χ4v) is 2.34. The van der Waals surface area contributed by atoms with E-state index in [1.165, 1.54) is 11.3 Å². The molecule has 82 valence electrons. The SMILES string of the molecule is O=CN(c1csc(Cl)c1)C1COCCN1. The summed E-state index contributed by atoms with van der Waals surface area (Å²) in [7, 11) is 0. The number of carbonyl (C=O) groups is 1. The van der Waals surface area contributed by atoms with Gasteiger partial charge in [0.05, 0.1) is 23.2 Å². The van der Waals surface area contributed by atoms with Crippen LogP contribution in [0.25, 0.3) is 0 Å². The van der Waals surface area contributed by atoms with Crippen molar-refractivity contribution in [2.24, 2.45) is 0 Å². The van der Waals surface area contributed by atoms with Crippen LogP contribution < -0.4 is 10.2 Å². The lowest BCUT2D eigenvalue weighted by Crippen LogP contribution is -2.52. The molecule has 6 heteroatoms. The maximum Gasteiger partial charge on any atom is 0.215 e. The van der Waals surface area contributed by atoms with E-state index < -0.39 is 0 Å². The molecule has 0 aliphatic carbocycles. The van der Waals surface area contributed by atoms with Gasteiger partial charge in [-0.3, -0.25) is 15.0 Å². The molecule has 1 aromatic rings. The van der Waals surface area contributed by atoms with E-state index in [9.17, 15) is 4.79 Å². The van der Waals surface area contributed by atoms with Crippen LogP contribution in [0.4, 0.5) is 5.69 Å². The van der Waals surface area contributed by atoms with Gasteiger partial charge in [-0.15, -0.1) is 11.3 Å². The third-order valence-electron chi connectivity index (χ3n) is 2.20. The monoisotopic (exact) mass is 246 g/mol. The number of nitrogens with one attached hydrogen (secondary N) is 1. The quantitative estimate of drug-likeness (QED) is 0.818. The smallest absolute Gasteiger partial charge is 0.215 e. The Labute approximate surface area is 96.8 Å². The van der Waals surface area contributed by atoms with E-state index in [1.54, 1.807) is 11.0 Å². The number of nitrogens with zero attached hydrogens (tertiary/aromatic N) is 1. The molecule has 1 N–H and O–H groups in total. The lowest BCUT2D eigenvalue weighted by Gasteiger charge is -2.31. The van der Waals surface area contributed by atoms with E-state index in [-0.39, 0.29) is 6.17 Å². The summed E-state index contributed by atoms with van der Waals surface area (Å²) >= 11 is 7.23. The van der Waals surface area contributed by atoms with Crippen molar-refractivity contribution in [1.82, 2.24) is 5.32 Å². The van der Waals surface area contributed by atoms with Gasteiger partial charge in [0.1, 0.15) is 6.17 Å². The van der Waals surface area contributed by atoms with Gasteiger partial charge in [0.2, 0.25) is 6.41 Å². The second-order valence-electron chi connectivity index (χ2n) is 3.17. The topological polar surface area (TPSA) is 41.6 Å². The number of carbonyl (C=O) groups excluding carboxylic acids is 1. The number of hydrogen-bond acceptors (Lipinski definition) is 4. The van der Waals surface area contributed by atoms with Gasteiger partial charge < -0.3 is 4.74 Å². The standard InChI is InChI=1S/C9H11ClN2O2S/c10-8-3-7(5-15-8)12(6-13)9-4-14-2-1-11-9/h3,5-6,9,11H,1-2,4H2. The molecular weight excluding hydrogens is 236 g/mol. The molecule has 0 saturated carbocycles. The molecule has 0 bridgehead atoms. The zero-order chi connectivity index (χ0) is 10.7. The van der Waals surface area contributed by atoms with Crippen LogP contribution in [0.15, 0.2) is 11.4 Å². The Kier molecular flexibility index (Phi) is 3.58. The molecule has 1 atom stereocenters. The van der Waals surface area contributed by atoms with Crippen molar-refractivity contribution in [1.29, 1.82) is 0 Å². The number of rotatable bonds is 3. The Hall–Kier alpha value is -0.620. The molecule has 1 aliphatic heterocycles. The van der Waals surface area contributed by atoms with Crippen LogP contribution in [0.2, 0.25) is 4.34 Å². The van der Waals surface area contributed by atoms with Crippen LogP contribution in [-0.2, 0) is 9.53 Å². The third kappa shape index (κ3) is 2.49. The van der Waals surface area contributed by atoms with Crippen LogP contribution in [0.5, 0.6) is 0 Å². The number of hydrogen-bond donors (Lipinski definition) is 1. The minimum atomic E-state index is -0.0954. The normalized spacial score (nSPS) is 21.3. The first-order valence-corrected chi connectivity index (χ1v) is 5.86. The first-order valence-electron chi connectivity index (χ1n) is 4.60. The molecule has 15 heavy (non-hydrogen) atoms. The van der Waals surface area contributed by atoms with Crippen LogP contribution in [0.3, 0.4) is 0 Å². The fraction of sp³-hybridized carbons (Fsp3) is 0.444. The van der Waals surface area contributed by atoms with Gasteiger partial charge in [0.25, 0.3) is 0 Å². The molecule has 2 rings (SSSR count). The number of halogens is 1. The van der Waals surface area contributed by atoms with Crippen molar-refractivity contribution in [2.75, 3.05) is 24.7 Å². The molecule has 1 unspecified atom stereocenters. The highest BCUT2D eigenvalue weighted by Crippen LogP contribution is 2.27. The van der Waals surface area contributed by atoms with Crippen molar-refractivity contribution in [3.8, 4) is 0 Å². The molecular formula is C9H11ClN2O2S. The Balaban J connectivity index is 2.12. The van der Waals surface area contributed by atoms with Crippen molar-refractivity contribution in [2.45, 2.75) is 6.17 Å². The molecule has 0 aromatic carbocycles. The summed E-state index contributed by atoms with van der Waals surface area (Å²) in [5, 5.41) is 5.06. The van der Waals surface area contributed by atoms with Crippen LogP contribution in [-0.4, -0.2) is 32.3 Å². The van der Waals surface area contributed by atoms with E-state index in [0.717, 1.165) is 18.6 Å². The summed E-state index contributed by atoms with van der Waals surface area (Å²) in [5.41, 5.74) is 0.808. The maximum absolute atomic E-state index is 11.0. The van der Waals surface area contributed by atoms with Crippen molar-refractivity contribution < 1.29 is 9.53 Å². The Morgan fingerprint density at radius 1 is 1.73 bits per heavy atom. The minimum absolute atomic E-state index is 0.0954. The van der Waals surface area contributed by atoms with Gasteiger partial charge in [0.15, 0.2) is 0 Å². The number of ether oxygens (including phenoxy) is 1. The van der Waals surface area contributed by atoms with Crippen LogP contribution >= 0.6 is 22.9 Å². The molecule has 0 radical (unpaired) electrons. The number of thiophene rings is 1. The number of amides is 1. The third-order valence-corrected chi connectivity index (χ3v) is 3.28. The summed E-state index contributed by atoms with van der Waals surface area (Å²) in [5.74, 6) is 0. The predicted molar refractivity (Wildman–Crippen MR) is 60.5 cm³/mol. The first-order chi connectivity index (χ1) is 7.31. The minimum Gasteiger partial charge on any atom is -0.377 e. The van der Waals surface area contributed by atoms with Crippen LogP contribution in [0.1, 0.15) is 0 Å². The number of anilines is 1. The lowest BCUT2D eigenvalue weighted by molar-refractivity contribution is -0.108. The second kappa shape index (κ2) is 4.94. The van der Waals surface area contributed by atoms with E-state index in [2.05, 4.69) is 5.32 Å². The Morgan fingerprint density at radius 2 is 2.60 bits per heavy atom. The first kappa shape index (κ1) is 10.9. The zero-order valence-electron chi connectivity index (χ0n) is 7.98. The summed E-state index contributed by atoms with van der Waals surface area (Å²) < 4.78 is 5.98. The van der Waals surface area contributed by atoms with Crippen molar-refractivity contribution in [3.63, 3.8) is 0 Å². The molecule has 2 heterocycles. The van der Waals surface area contributed by atoms with Crippen molar-refractivity contribution >= 4 is 35.0 Å². The fourth-order valence-electron chi connectivity index (χ4n) is 1.48. The van der Waals surface area contributed by atoms with Gasteiger partial charge in [-0.25, -0.2) is 0 Å². The summed E-state index contributed by atoms with van der Waals surface area (Å²) in [4.78, 5) is 12.6. The van der Waals surface area contributed by atoms with Gasteiger partial charge in [-0.05, 0) is 6.07 Å². The molecule has 1 aromatic heterocycles. The van der Waals surface area contributed by atoms with E-state index in [4.69, 9.17) is 16.3 Å². The van der Waals surface area contributed by atoms with E-state index in [0.29, 0.717) is 17.6 Å². The molecule has 1 saturated heterocycles. The summed E-state index contributed by atoms with van der Waals surface area (Å²) in [6, 6.07) is 1.77. The van der Waals surface area contributed by atoms with Crippen LogP contribution in [0, 0.1) is 0 Å². The van der Waals surface area contributed by atoms with Gasteiger partial charge in [-0.2, -0.15) is 0 Å². The second-order valence-corrected chi connectivity index (χ2v) is 4.71. The van der Waals surface area contributed by atoms with E-state index >= 15 is 0 Å². The number of morpholine rings is 1. The highest BCUT2D eigenvalue weighted by atomic mass is 35.5. The Morgan fingerprint density at radius 3 is 3.13 bits per heavy atom. The molecule has 1 fully saturated rings. The Bertz CT molecular complexity index is 339. The van der Waals surface area contributed by atoms with Gasteiger partial charge in [-0.1, -0.05) is 11.6 Å². The molecule has 0 spiro atoms. The lowest BCUT2D eigenvalue weighted by atomic mass is 10.3. The van der Waals surface area contributed by atoms with E-state index in [1.807, 2.05) is 5.38 Å².